The Balaban J connectivity index is 2.35. The Kier molecular flexibility index (Phi) is 4.37. The fraction of sp³-hybridized carbons (Fsp3) is 0.400. The van der Waals surface area contributed by atoms with E-state index < -0.39 is 0 Å². The number of benzene rings is 1. The summed E-state index contributed by atoms with van der Waals surface area (Å²) >= 11 is 1.70. The van der Waals surface area contributed by atoms with Crippen LogP contribution in [0.25, 0.3) is 0 Å². The molecular weight excluding hydrogens is 240 g/mol. The third-order valence-corrected chi connectivity index (χ3v) is 3.78. The normalized spacial score (nSPS) is 12.1. The zero-order chi connectivity index (χ0) is 13.0. The second-order valence-electron chi connectivity index (χ2n) is 4.63. The van der Waals surface area contributed by atoms with Crippen LogP contribution in [0.4, 0.5) is 5.69 Å². The van der Waals surface area contributed by atoms with Crippen molar-refractivity contribution < 1.29 is 0 Å². The Labute approximate surface area is 113 Å². The Bertz CT molecular complexity index is 578. The van der Waals surface area contributed by atoms with Crippen molar-refractivity contribution in [3.05, 3.63) is 45.7 Å². The first-order chi connectivity index (χ1) is 8.70. The minimum Gasteiger partial charge on any atom is -0.324 e. The van der Waals surface area contributed by atoms with Crippen molar-refractivity contribution in [1.29, 1.82) is 0 Å². The molecule has 1 heterocycles. The lowest BCUT2D eigenvalue weighted by atomic mass is 10.1. The van der Waals surface area contributed by atoms with Crippen molar-refractivity contribution in [1.82, 2.24) is 4.57 Å². The zero-order valence-corrected chi connectivity index (χ0v) is 12.1. The molecule has 3 heteroatoms. The number of rotatable bonds is 4. The number of hydrogen-bond donors (Lipinski definition) is 0. The molecule has 0 unspecified atom stereocenters. The Morgan fingerprint density at radius 2 is 2.11 bits per heavy atom. The van der Waals surface area contributed by atoms with Crippen LogP contribution in [-0.2, 0) is 6.54 Å². The van der Waals surface area contributed by atoms with E-state index in [2.05, 4.69) is 55.1 Å². The molecule has 0 aliphatic rings. The van der Waals surface area contributed by atoms with E-state index in [0.29, 0.717) is 0 Å². The van der Waals surface area contributed by atoms with Crippen molar-refractivity contribution in [3.63, 3.8) is 0 Å². The van der Waals surface area contributed by atoms with E-state index in [9.17, 15) is 0 Å². The maximum Gasteiger partial charge on any atom is 0.189 e. The molecule has 0 spiro atoms. The van der Waals surface area contributed by atoms with Crippen molar-refractivity contribution in [3.8, 4) is 0 Å². The van der Waals surface area contributed by atoms with Gasteiger partial charge in [-0.05, 0) is 31.9 Å². The van der Waals surface area contributed by atoms with Gasteiger partial charge in [0.2, 0.25) is 0 Å². The Morgan fingerprint density at radius 3 is 2.83 bits per heavy atom. The number of unbranched alkanes of at least 4 members (excludes halogenated alkanes) is 1. The molecule has 0 N–H and O–H groups in total. The quantitative estimate of drug-likeness (QED) is 0.784. The maximum absolute atomic E-state index is 4.78. The van der Waals surface area contributed by atoms with Crippen LogP contribution in [0.3, 0.4) is 0 Å². The van der Waals surface area contributed by atoms with Crippen LogP contribution in [0.2, 0.25) is 0 Å². The molecule has 1 aromatic heterocycles. The molecule has 0 saturated heterocycles. The van der Waals surface area contributed by atoms with Crippen LogP contribution in [0.15, 0.2) is 34.8 Å². The predicted molar refractivity (Wildman–Crippen MR) is 78.4 cm³/mol. The average molecular weight is 260 g/mol. The lowest BCUT2D eigenvalue weighted by Crippen LogP contribution is -2.13. The fourth-order valence-electron chi connectivity index (χ4n) is 1.92. The molecule has 2 aromatic rings. The fourth-order valence-corrected chi connectivity index (χ4v) is 2.69. The van der Waals surface area contributed by atoms with Gasteiger partial charge in [0.25, 0.3) is 0 Å². The molecule has 1 aromatic carbocycles. The van der Waals surface area contributed by atoms with Gasteiger partial charge in [-0.1, -0.05) is 31.0 Å². The van der Waals surface area contributed by atoms with Gasteiger partial charge in [-0.15, -0.1) is 11.3 Å². The molecule has 0 aliphatic carbocycles. The highest BCUT2D eigenvalue weighted by Crippen LogP contribution is 2.18. The van der Waals surface area contributed by atoms with Gasteiger partial charge in [0, 0.05) is 18.1 Å². The summed E-state index contributed by atoms with van der Waals surface area (Å²) < 4.78 is 2.24. The summed E-state index contributed by atoms with van der Waals surface area (Å²) in [6.07, 6.45) is 4.55. The molecule has 0 bridgehead atoms. The standard InChI is InChI=1S/C15H20N2S/c1-4-5-8-17-9-10-18-15(17)16-14-7-6-12(2)11-13(14)3/h6-7,9-11H,4-5,8H2,1-3H3. The zero-order valence-electron chi connectivity index (χ0n) is 11.3. The number of aromatic nitrogens is 1. The molecule has 0 atom stereocenters. The van der Waals surface area contributed by atoms with Crippen LogP contribution in [0.5, 0.6) is 0 Å². The van der Waals surface area contributed by atoms with E-state index in [1.807, 2.05) is 0 Å². The lowest BCUT2D eigenvalue weighted by molar-refractivity contribution is 0.618. The first-order valence-electron chi connectivity index (χ1n) is 6.46. The molecule has 2 nitrogen and oxygen atoms in total. The summed E-state index contributed by atoms with van der Waals surface area (Å²) in [5.41, 5.74) is 3.61. The van der Waals surface area contributed by atoms with E-state index in [4.69, 9.17) is 4.99 Å². The summed E-state index contributed by atoms with van der Waals surface area (Å²) in [6, 6.07) is 6.41. The van der Waals surface area contributed by atoms with E-state index >= 15 is 0 Å². The summed E-state index contributed by atoms with van der Waals surface area (Å²) in [7, 11) is 0. The summed E-state index contributed by atoms with van der Waals surface area (Å²) in [5, 5.41) is 2.11. The molecule has 0 aliphatic heterocycles. The largest absolute Gasteiger partial charge is 0.324 e. The third kappa shape index (κ3) is 3.10. The first-order valence-corrected chi connectivity index (χ1v) is 7.34. The molecule has 2 rings (SSSR count). The van der Waals surface area contributed by atoms with Crippen LogP contribution in [0.1, 0.15) is 30.9 Å². The third-order valence-electron chi connectivity index (χ3n) is 2.98. The maximum atomic E-state index is 4.78. The molecular formula is C15H20N2S. The van der Waals surface area contributed by atoms with E-state index in [0.717, 1.165) is 17.0 Å². The van der Waals surface area contributed by atoms with E-state index in [1.54, 1.807) is 11.3 Å². The highest BCUT2D eigenvalue weighted by Gasteiger charge is 1.99. The second kappa shape index (κ2) is 6.01. The van der Waals surface area contributed by atoms with Crippen LogP contribution in [0, 0.1) is 13.8 Å². The second-order valence-corrected chi connectivity index (χ2v) is 5.51. The van der Waals surface area contributed by atoms with Gasteiger partial charge in [-0.25, -0.2) is 4.99 Å². The summed E-state index contributed by atoms with van der Waals surface area (Å²) in [4.78, 5) is 5.87. The molecule has 0 saturated carbocycles. The highest BCUT2D eigenvalue weighted by atomic mass is 32.1. The van der Waals surface area contributed by atoms with Gasteiger partial charge >= 0.3 is 0 Å². The Hall–Kier alpha value is -1.35. The molecule has 0 radical (unpaired) electrons. The van der Waals surface area contributed by atoms with Crippen LogP contribution >= 0.6 is 11.3 Å². The van der Waals surface area contributed by atoms with E-state index in [-0.39, 0.29) is 0 Å². The predicted octanol–water partition coefficient (Wildman–Crippen LogP) is 4.20. The number of nitrogens with zero attached hydrogens (tertiary/aromatic N) is 2. The summed E-state index contributed by atoms with van der Waals surface area (Å²) in [5.74, 6) is 0. The van der Waals surface area contributed by atoms with Crippen LogP contribution < -0.4 is 4.80 Å². The molecule has 0 fully saturated rings. The molecule has 96 valence electrons. The van der Waals surface area contributed by atoms with Gasteiger partial charge < -0.3 is 4.57 Å². The number of aryl methyl sites for hydroxylation is 3. The van der Waals surface area contributed by atoms with Crippen molar-refractivity contribution in [2.45, 2.75) is 40.2 Å². The van der Waals surface area contributed by atoms with Gasteiger partial charge in [0.05, 0.1) is 5.69 Å². The van der Waals surface area contributed by atoms with Crippen molar-refractivity contribution >= 4 is 17.0 Å². The van der Waals surface area contributed by atoms with Gasteiger partial charge in [0.15, 0.2) is 4.80 Å². The highest BCUT2D eigenvalue weighted by molar-refractivity contribution is 7.07. The minimum atomic E-state index is 1.06. The minimum absolute atomic E-state index is 1.06. The van der Waals surface area contributed by atoms with Gasteiger partial charge in [-0.3, -0.25) is 0 Å². The van der Waals surface area contributed by atoms with Gasteiger partial charge in [-0.2, -0.15) is 0 Å². The van der Waals surface area contributed by atoms with E-state index in [1.165, 1.54) is 24.0 Å². The SMILES string of the molecule is CCCCn1ccsc1=Nc1ccc(C)cc1C. The summed E-state index contributed by atoms with van der Waals surface area (Å²) in [6.45, 7) is 7.51. The van der Waals surface area contributed by atoms with Crippen molar-refractivity contribution in [2.75, 3.05) is 0 Å². The number of hydrogen-bond acceptors (Lipinski definition) is 2. The average Bonchev–Trinajstić information content (AvgIpc) is 2.77. The van der Waals surface area contributed by atoms with Gasteiger partial charge in [0.1, 0.15) is 0 Å². The van der Waals surface area contributed by atoms with Crippen LogP contribution in [-0.4, -0.2) is 4.57 Å². The van der Waals surface area contributed by atoms with Crippen molar-refractivity contribution in [2.24, 2.45) is 4.99 Å². The first kappa shape index (κ1) is 13.1. The topological polar surface area (TPSA) is 17.3 Å². The molecule has 0 amide bonds. The smallest absolute Gasteiger partial charge is 0.189 e. The lowest BCUT2D eigenvalue weighted by Gasteiger charge is -2.03. The monoisotopic (exact) mass is 260 g/mol. The number of thiazole rings is 1. The molecule has 18 heavy (non-hydrogen) atoms. The Morgan fingerprint density at radius 1 is 1.28 bits per heavy atom.